The van der Waals surface area contributed by atoms with E-state index in [0.717, 1.165) is 11.8 Å². The number of allylic oxidation sites excluding steroid dienone is 2. The third-order valence-corrected chi connectivity index (χ3v) is 2.20. The van der Waals surface area contributed by atoms with Gasteiger partial charge in [0.05, 0.1) is 0 Å². The van der Waals surface area contributed by atoms with Crippen LogP contribution in [0.2, 0.25) is 0 Å². The van der Waals surface area contributed by atoms with Crippen molar-refractivity contribution < 1.29 is 63.2 Å². The van der Waals surface area contributed by atoms with Crippen molar-refractivity contribution in [2.45, 2.75) is 33.1 Å². The Morgan fingerprint density at radius 3 is 1.71 bits per heavy atom. The molecule has 0 aliphatic heterocycles. The minimum absolute atomic E-state index is 0. The van der Waals surface area contributed by atoms with Crippen LogP contribution in [0.15, 0.2) is 12.2 Å². The summed E-state index contributed by atoms with van der Waals surface area (Å²) in [6, 6.07) is 0. The summed E-state index contributed by atoms with van der Waals surface area (Å²) in [6.07, 6.45) is 13.3. The first kappa shape index (κ1) is 21.1. The van der Waals surface area contributed by atoms with Crippen LogP contribution < -0.4 is 0 Å². The molecule has 1 fully saturated rings. The Bertz CT molecular complexity index is 122. The van der Waals surface area contributed by atoms with Crippen LogP contribution >= 0.6 is 0 Å². The van der Waals surface area contributed by atoms with Gasteiger partial charge in [0.15, 0.2) is 0 Å². The smallest absolute Gasteiger partial charge is 0.335 e. The Morgan fingerprint density at radius 1 is 1.07 bits per heavy atom. The Hall–Kier alpha value is 1.80. The van der Waals surface area contributed by atoms with Gasteiger partial charge in [-0.3, -0.25) is 0 Å². The van der Waals surface area contributed by atoms with Crippen molar-refractivity contribution in [3.63, 3.8) is 0 Å². The molecule has 2 rings (SSSR count). The third-order valence-electron chi connectivity index (χ3n) is 2.20. The zero-order chi connectivity index (χ0) is 8.10. The van der Waals surface area contributed by atoms with E-state index in [9.17, 15) is 0 Å². The molecular weight excluding hydrogens is 684 g/mol. The first-order valence-corrected chi connectivity index (χ1v) is 4.60. The molecule has 0 heterocycles. The molecule has 2 atom stereocenters. The number of hydrogen-bond donors (Lipinski definition) is 0. The molecule has 0 aromatic carbocycles. The molecule has 0 spiro atoms. The van der Waals surface area contributed by atoms with Gasteiger partial charge in [0, 0.05) is 42.1 Å². The van der Waals surface area contributed by atoms with Crippen molar-refractivity contribution in [2.24, 2.45) is 11.8 Å². The van der Waals surface area contributed by atoms with E-state index in [1.807, 2.05) is 20.3 Å². The predicted molar refractivity (Wildman–Crippen MR) is 49.9 cm³/mol. The molecule has 80 valence electrons. The molecule has 2 aliphatic carbocycles. The molecule has 0 nitrogen and oxygen atoms in total. The molecule has 2 unspecified atom stereocenters. The van der Waals surface area contributed by atoms with E-state index >= 15 is 0 Å². The summed E-state index contributed by atoms with van der Waals surface area (Å²) < 4.78 is 0. The number of hydrogen-bond acceptors (Lipinski definition) is 0. The van der Waals surface area contributed by atoms with Gasteiger partial charge in [-0.05, 0) is 18.3 Å². The molecule has 14 heavy (non-hydrogen) atoms. The van der Waals surface area contributed by atoms with E-state index in [0.29, 0.717) is 0 Å². The van der Waals surface area contributed by atoms with E-state index in [4.69, 9.17) is 0 Å². The van der Waals surface area contributed by atoms with Gasteiger partial charge >= 0.3 is 21.1 Å². The minimum Gasteiger partial charge on any atom is -0.335 e. The van der Waals surface area contributed by atoms with Crippen molar-refractivity contribution in [3.8, 4) is 0 Å². The van der Waals surface area contributed by atoms with Crippen LogP contribution in [0, 0.1) is 24.7 Å². The molecule has 2 bridgehead atoms. The van der Waals surface area contributed by atoms with Crippen molar-refractivity contribution >= 4 is 0 Å². The van der Waals surface area contributed by atoms with E-state index < -0.39 is 0 Å². The molecule has 3 heteroatoms. The number of fused-ring (bicyclic) bond motifs is 2. The Morgan fingerprint density at radius 2 is 1.43 bits per heavy atom. The van der Waals surface area contributed by atoms with E-state index in [1.165, 1.54) is 19.3 Å². The summed E-state index contributed by atoms with van der Waals surface area (Å²) in [4.78, 5) is 0. The maximum absolute atomic E-state index is 2.43. The van der Waals surface area contributed by atoms with Gasteiger partial charge < -0.3 is 12.8 Å². The van der Waals surface area contributed by atoms with Crippen LogP contribution in [0.25, 0.3) is 0 Å². The van der Waals surface area contributed by atoms with Crippen LogP contribution in [-0.4, -0.2) is 0 Å². The fraction of sp³-hybridized carbons (Fsp3) is 0.636. The fourth-order valence-electron chi connectivity index (χ4n) is 1.73. The Labute approximate surface area is 132 Å². The molecule has 1 saturated carbocycles. The normalized spacial score (nSPS) is 25.9. The van der Waals surface area contributed by atoms with Gasteiger partial charge in [-0.15, -0.1) is 0 Å². The topological polar surface area (TPSA) is 0 Å². The largest absolute Gasteiger partial charge is 2.00 e. The minimum atomic E-state index is 0. The van der Waals surface area contributed by atoms with Crippen LogP contribution in [0.4, 0.5) is 0 Å². The first-order chi connectivity index (χ1) is 5.36. The molecule has 0 amide bonds. The first-order valence-electron chi connectivity index (χ1n) is 4.60. The van der Waals surface area contributed by atoms with Crippen molar-refractivity contribution in [2.75, 3.05) is 0 Å². The Balaban J connectivity index is -0.000000185. The quantitative estimate of drug-likeness (QED) is 0.269. The van der Waals surface area contributed by atoms with Gasteiger partial charge in [0.1, 0.15) is 0 Å². The second-order valence-corrected chi connectivity index (χ2v) is 3.48. The van der Waals surface area contributed by atoms with Crippen LogP contribution in [0.5, 0.6) is 0 Å². The van der Waals surface area contributed by atoms with Gasteiger partial charge in [-0.2, -0.15) is 26.7 Å². The molecule has 0 saturated heterocycles. The molecule has 0 N–H and O–H groups in total. The third kappa shape index (κ3) is 8.02. The van der Waals surface area contributed by atoms with Crippen LogP contribution in [0.1, 0.15) is 33.1 Å². The van der Waals surface area contributed by atoms with Crippen molar-refractivity contribution in [3.05, 3.63) is 25.0 Å². The second-order valence-electron chi connectivity index (χ2n) is 3.48. The molecule has 0 aromatic rings. The predicted octanol–water partition coefficient (Wildman–Crippen LogP) is 3.40. The zero-order valence-electron chi connectivity index (χ0n) is 8.81. The van der Waals surface area contributed by atoms with Gasteiger partial charge in [0.25, 0.3) is 0 Å². The fourth-order valence-corrected chi connectivity index (χ4v) is 1.73. The van der Waals surface area contributed by atoms with Gasteiger partial charge in [-0.25, -0.2) is 0 Å². The average Bonchev–Trinajstić information content (AvgIpc) is 2.33. The summed E-state index contributed by atoms with van der Waals surface area (Å²) >= 11 is 0. The summed E-state index contributed by atoms with van der Waals surface area (Å²) in [5.41, 5.74) is 0. The van der Waals surface area contributed by atoms with E-state index in [1.54, 1.807) is 0 Å². The molecule has 0 radical (unpaired) electrons. The zero-order valence-corrected chi connectivity index (χ0v) is 17.6. The molecule has 0 aromatic heterocycles. The van der Waals surface area contributed by atoms with Crippen molar-refractivity contribution in [1.29, 1.82) is 0 Å². The Kier molecular flexibility index (Phi) is 19.4. The van der Waals surface area contributed by atoms with Crippen LogP contribution in [-0.2, 0) is 63.2 Å². The standard InChI is InChI=1S/C8H11.C3H7.3W/c1-2-7-4-5-8(3-1)6-7;1-3-2;;;/h1,4-5,7-8H,2-3,6H2;3H,1-2H3;;;/q2*-1;;;+2. The molecular formula is C11H18W3. The van der Waals surface area contributed by atoms with E-state index in [2.05, 4.69) is 18.6 Å². The SMILES string of the molecule is C1=CC2C[CH-]CC1C2.C[CH-]C.[W+2].[W].[W]. The summed E-state index contributed by atoms with van der Waals surface area (Å²) in [5.74, 6) is 1.85. The number of rotatable bonds is 0. The van der Waals surface area contributed by atoms with Gasteiger partial charge in [-0.1, -0.05) is 12.2 Å². The van der Waals surface area contributed by atoms with Crippen molar-refractivity contribution in [1.82, 2.24) is 0 Å². The summed E-state index contributed by atoms with van der Waals surface area (Å²) in [6.45, 7) is 4.00. The second kappa shape index (κ2) is 12.9. The van der Waals surface area contributed by atoms with Crippen LogP contribution in [0.3, 0.4) is 0 Å². The van der Waals surface area contributed by atoms with E-state index in [-0.39, 0.29) is 63.2 Å². The summed E-state index contributed by atoms with van der Waals surface area (Å²) in [7, 11) is 0. The maximum atomic E-state index is 2.43. The average molecular weight is 702 g/mol. The molecule has 2 aliphatic rings. The van der Waals surface area contributed by atoms with Gasteiger partial charge in [0.2, 0.25) is 0 Å². The maximum Gasteiger partial charge on any atom is 2.00 e. The monoisotopic (exact) mass is 702 g/mol. The summed E-state index contributed by atoms with van der Waals surface area (Å²) in [5, 5.41) is 0.